The van der Waals surface area contributed by atoms with Crippen LogP contribution in [0.3, 0.4) is 0 Å². The highest BCUT2D eigenvalue weighted by Crippen LogP contribution is 2.22. The zero-order chi connectivity index (χ0) is 15.1. The topological polar surface area (TPSA) is 38.3 Å². The molecule has 0 saturated carbocycles. The highest BCUT2D eigenvalue weighted by Gasteiger charge is 2.20. The van der Waals surface area contributed by atoms with E-state index < -0.39 is 6.10 Å². The molecule has 0 fully saturated rings. The summed E-state index contributed by atoms with van der Waals surface area (Å²) < 4.78 is 5.78. The fourth-order valence-electron chi connectivity index (χ4n) is 1.96. The quantitative estimate of drug-likeness (QED) is 0.822. The Balaban J connectivity index is 2.70. The lowest BCUT2D eigenvalue weighted by molar-refractivity contribution is -0.128. The Morgan fingerprint density at radius 2 is 1.90 bits per heavy atom. The Kier molecular flexibility index (Phi) is 6.86. The molecule has 1 aromatic carbocycles. The Hall–Kier alpha value is -1.22. The third-order valence-corrected chi connectivity index (χ3v) is 3.83. The lowest BCUT2D eigenvalue weighted by Crippen LogP contribution is -2.43. The monoisotopic (exact) mass is 297 g/mol. The highest BCUT2D eigenvalue weighted by molar-refractivity contribution is 6.31. The van der Waals surface area contributed by atoms with Gasteiger partial charge in [-0.25, -0.2) is 0 Å². The van der Waals surface area contributed by atoms with Crippen LogP contribution in [0.15, 0.2) is 18.2 Å². The number of carbonyl (C=O) groups excluding carboxylic acids is 1. The summed E-state index contributed by atoms with van der Waals surface area (Å²) in [4.78, 5) is 12.2. The van der Waals surface area contributed by atoms with Crippen LogP contribution in [0, 0.1) is 6.92 Å². The van der Waals surface area contributed by atoms with Crippen molar-refractivity contribution >= 4 is 17.5 Å². The summed E-state index contributed by atoms with van der Waals surface area (Å²) in [5, 5.41) is 3.72. The number of hydrogen-bond acceptors (Lipinski definition) is 2. The summed E-state index contributed by atoms with van der Waals surface area (Å²) in [6.45, 7) is 8.00. The summed E-state index contributed by atoms with van der Waals surface area (Å²) >= 11 is 5.99. The maximum Gasteiger partial charge on any atom is 0.261 e. The predicted octanol–water partition coefficient (Wildman–Crippen LogP) is 4.11. The molecule has 112 valence electrons. The number of amides is 1. The summed E-state index contributed by atoms with van der Waals surface area (Å²) in [6.07, 6.45) is 2.03. The first-order chi connectivity index (χ1) is 9.51. The molecule has 1 rings (SSSR count). The molecular weight excluding hydrogens is 274 g/mol. The van der Waals surface area contributed by atoms with Gasteiger partial charge in [-0.2, -0.15) is 0 Å². The zero-order valence-corrected chi connectivity index (χ0v) is 13.5. The highest BCUT2D eigenvalue weighted by atomic mass is 35.5. The molecule has 1 amide bonds. The second kappa shape index (κ2) is 8.15. The molecule has 0 heterocycles. The van der Waals surface area contributed by atoms with E-state index in [0.29, 0.717) is 17.2 Å². The van der Waals surface area contributed by atoms with Crippen molar-refractivity contribution in [2.75, 3.05) is 0 Å². The molecular formula is C16H24ClNO2. The van der Waals surface area contributed by atoms with Gasteiger partial charge >= 0.3 is 0 Å². The van der Waals surface area contributed by atoms with Gasteiger partial charge in [-0.1, -0.05) is 32.4 Å². The first kappa shape index (κ1) is 16.8. The van der Waals surface area contributed by atoms with Crippen molar-refractivity contribution in [3.63, 3.8) is 0 Å². The van der Waals surface area contributed by atoms with Crippen molar-refractivity contribution in [2.45, 2.75) is 59.1 Å². The van der Waals surface area contributed by atoms with Gasteiger partial charge in [0.2, 0.25) is 0 Å². The molecule has 1 aromatic rings. The summed E-state index contributed by atoms with van der Waals surface area (Å²) in [6, 6.07) is 5.65. The van der Waals surface area contributed by atoms with E-state index in [4.69, 9.17) is 16.3 Å². The van der Waals surface area contributed by atoms with Crippen LogP contribution in [0.2, 0.25) is 5.02 Å². The second-order valence-electron chi connectivity index (χ2n) is 4.95. The van der Waals surface area contributed by atoms with Gasteiger partial charge < -0.3 is 10.1 Å². The molecule has 0 saturated heterocycles. The van der Waals surface area contributed by atoms with E-state index in [1.165, 1.54) is 0 Å². The smallest absolute Gasteiger partial charge is 0.261 e. The first-order valence-electron chi connectivity index (χ1n) is 7.24. The summed E-state index contributed by atoms with van der Waals surface area (Å²) in [5.41, 5.74) is 0.944. The SMILES string of the molecule is CCC(CC)NC(=O)C(CC)Oc1ccc(Cl)c(C)c1. The Morgan fingerprint density at radius 3 is 2.40 bits per heavy atom. The third-order valence-electron chi connectivity index (χ3n) is 3.40. The number of benzene rings is 1. The average Bonchev–Trinajstić information content (AvgIpc) is 2.45. The minimum atomic E-state index is -0.462. The van der Waals surface area contributed by atoms with E-state index in [0.717, 1.165) is 18.4 Å². The van der Waals surface area contributed by atoms with E-state index >= 15 is 0 Å². The first-order valence-corrected chi connectivity index (χ1v) is 7.62. The van der Waals surface area contributed by atoms with Gasteiger partial charge in [0.05, 0.1) is 0 Å². The predicted molar refractivity (Wildman–Crippen MR) is 83.4 cm³/mol. The number of ether oxygens (including phenoxy) is 1. The standard InChI is InChI=1S/C16H24ClNO2/c1-5-12(6-2)18-16(19)15(7-3)20-13-8-9-14(17)11(4)10-13/h8-10,12,15H,5-7H2,1-4H3,(H,18,19). The van der Waals surface area contributed by atoms with Gasteiger partial charge in [0.25, 0.3) is 5.91 Å². The lowest BCUT2D eigenvalue weighted by atomic mass is 10.1. The molecule has 3 nitrogen and oxygen atoms in total. The fourth-order valence-corrected chi connectivity index (χ4v) is 2.08. The molecule has 0 radical (unpaired) electrons. The van der Waals surface area contributed by atoms with Gasteiger partial charge in [0.15, 0.2) is 6.10 Å². The molecule has 1 unspecified atom stereocenters. The molecule has 0 aliphatic carbocycles. The Labute approximate surface area is 126 Å². The lowest BCUT2D eigenvalue weighted by Gasteiger charge is -2.21. The van der Waals surface area contributed by atoms with Gasteiger partial charge in [0.1, 0.15) is 5.75 Å². The number of rotatable bonds is 7. The van der Waals surface area contributed by atoms with Crippen molar-refractivity contribution in [3.8, 4) is 5.75 Å². The summed E-state index contributed by atoms with van der Waals surface area (Å²) in [7, 11) is 0. The van der Waals surface area contributed by atoms with Crippen molar-refractivity contribution in [1.29, 1.82) is 0 Å². The van der Waals surface area contributed by atoms with Crippen LogP contribution < -0.4 is 10.1 Å². The van der Waals surface area contributed by atoms with Crippen LogP contribution in [0.1, 0.15) is 45.6 Å². The van der Waals surface area contributed by atoms with Gasteiger partial charge in [-0.05, 0) is 49.9 Å². The van der Waals surface area contributed by atoms with Crippen LogP contribution >= 0.6 is 11.6 Å². The van der Waals surface area contributed by atoms with Gasteiger partial charge in [-0.3, -0.25) is 4.79 Å². The van der Waals surface area contributed by atoms with Crippen LogP contribution in [-0.4, -0.2) is 18.1 Å². The molecule has 0 bridgehead atoms. The molecule has 20 heavy (non-hydrogen) atoms. The van der Waals surface area contributed by atoms with E-state index in [1.54, 1.807) is 12.1 Å². The molecule has 0 aromatic heterocycles. The molecule has 4 heteroatoms. The average molecular weight is 298 g/mol. The minimum Gasteiger partial charge on any atom is -0.481 e. The molecule has 0 spiro atoms. The number of carbonyl (C=O) groups is 1. The molecule has 1 N–H and O–H groups in total. The van der Waals surface area contributed by atoms with E-state index in [2.05, 4.69) is 19.2 Å². The van der Waals surface area contributed by atoms with Crippen molar-refractivity contribution in [3.05, 3.63) is 28.8 Å². The second-order valence-corrected chi connectivity index (χ2v) is 5.35. The van der Waals surface area contributed by atoms with E-state index in [-0.39, 0.29) is 11.9 Å². The van der Waals surface area contributed by atoms with Crippen molar-refractivity contribution in [1.82, 2.24) is 5.32 Å². The van der Waals surface area contributed by atoms with Crippen molar-refractivity contribution in [2.24, 2.45) is 0 Å². The maximum atomic E-state index is 12.2. The minimum absolute atomic E-state index is 0.0474. The largest absolute Gasteiger partial charge is 0.481 e. The number of aryl methyl sites for hydroxylation is 1. The van der Waals surface area contributed by atoms with Crippen LogP contribution in [-0.2, 0) is 4.79 Å². The normalized spacial score (nSPS) is 12.3. The molecule has 0 aliphatic rings. The number of nitrogens with one attached hydrogen (secondary N) is 1. The number of halogens is 1. The van der Waals surface area contributed by atoms with E-state index in [9.17, 15) is 4.79 Å². The van der Waals surface area contributed by atoms with Crippen LogP contribution in [0.4, 0.5) is 0 Å². The summed E-state index contributed by atoms with van der Waals surface area (Å²) in [5.74, 6) is 0.632. The zero-order valence-electron chi connectivity index (χ0n) is 12.7. The fraction of sp³-hybridized carbons (Fsp3) is 0.562. The maximum absolute atomic E-state index is 12.2. The van der Waals surface area contributed by atoms with Gasteiger partial charge in [0, 0.05) is 11.1 Å². The van der Waals surface area contributed by atoms with Crippen LogP contribution in [0.5, 0.6) is 5.75 Å². The van der Waals surface area contributed by atoms with Crippen molar-refractivity contribution < 1.29 is 9.53 Å². The van der Waals surface area contributed by atoms with Gasteiger partial charge in [-0.15, -0.1) is 0 Å². The van der Waals surface area contributed by atoms with Crippen LogP contribution in [0.25, 0.3) is 0 Å². The molecule has 0 aliphatic heterocycles. The van der Waals surface area contributed by atoms with E-state index in [1.807, 2.05) is 19.9 Å². The molecule has 1 atom stereocenters. The third kappa shape index (κ3) is 4.71. The Morgan fingerprint density at radius 1 is 1.25 bits per heavy atom. The number of hydrogen-bond donors (Lipinski definition) is 1. The Bertz CT molecular complexity index is 444.